The average Bonchev–Trinajstić information content (AvgIpc) is 4.11. The van der Waals surface area contributed by atoms with Gasteiger partial charge >= 0.3 is 0 Å². The van der Waals surface area contributed by atoms with Crippen LogP contribution in [0, 0.1) is 0 Å². The van der Waals surface area contributed by atoms with Crippen LogP contribution >= 0.6 is 0 Å². The maximum Gasteiger partial charge on any atom is 0.143 e. The third kappa shape index (κ3) is 6.15. The van der Waals surface area contributed by atoms with Gasteiger partial charge in [0.05, 0.1) is 5.41 Å². The molecule has 11 aromatic carbocycles. The Morgan fingerprint density at radius 3 is 1.37 bits per heavy atom. The number of furan rings is 2. The number of nitrogens with zero attached hydrogens (tertiary/aromatic N) is 1. The van der Waals surface area contributed by atoms with Crippen molar-refractivity contribution in [3.63, 3.8) is 0 Å². The van der Waals surface area contributed by atoms with E-state index in [4.69, 9.17) is 8.83 Å². The van der Waals surface area contributed by atoms with Crippen LogP contribution in [0.3, 0.4) is 0 Å². The van der Waals surface area contributed by atoms with Gasteiger partial charge in [-0.3, -0.25) is 0 Å². The quantitative estimate of drug-likeness (QED) is 0.152. The molecule has 0 spiro atoms. The first-order chi connectivity index (χ1) is 34.7. The fourth-order valence-corrected chi connectivity index (χ4v) is 11.5. The minimum atomic E-state index is -0.453. The number of rotatable bonds is 8. The van der Waals surface area contributed by atoms with Crippen molar-refractivity contribution in [1.29, 1.82) is 0 Å². The van der Waals surface area contributed by atoms with Gasteiger partial charge in [0.2, 0.25) is 0 Å². The number of para-hydroxylation sites is 4. The van der Waals surface area contributed by atoms with Crippen molar-refractivity contribution in [3.8, 4) is 44.5 Å². The summed E-state index contributed by atoms with van der Waals surface area (Å²) in [6, 6.07) is 94.2. The molecule has 1 aliphatic carbocycles. The lowest BCUT2D eigenvalue weighted by Crippen LogP contribution is -2.28. The summed E-state index contributed by atoms with van der Waals surface area (Å²) in [6.45, 7) is 0. The Morgan fingerprint density at radius 2 is 0.729 bits per heavy atom. The fraction of sp³-hybridized carbons (Fsp3) is 0.0149. The average molecular weight is 894 g/mol. The highest BCUT2D eigenvalue weighted by molar-refractivity contribution is 6.11. The van der Waals surface area contributed by atoms with E-state index in [0.29, 0.717) is 0 Å². The van der Waals surface area contributed by atoms with E-state index in [1.165, 1.54) is 33.4 Å². The number of fused-ring (bicyclic) bond motifs is 9. The van der Waals surface area contributed by atoms with Crippen LogP contribution in [0.4, 0.5) is 17.1 Å². The SMILES string of the molecule is c1ccc(C2(c3ccccc3)c3ccccc3-c3cc(-c4cccc(N(c5ccc(-c6cccc7c6oc6ccccc67)cc5)c5cccc(-c6cccc7c6oc6ccccc67)c5)c4)ccc32)cc1. The maximum absolute atomic E-state index is 6.57. The Kier molecular flexibility index (Phi) is 9.11. The molecule has 0 saturated heterocycles. The molecule has 3 nitrogen and oxygen atoms in total. The van der Waals surface area contributed by atoms with Crippen LogP contribution in [0.1, 0.15) is 22.3 Å². The van der Waals surface area contributed by atoms with E-state index in [1.807, 2.05) is 24.3 Å². The van der Waals surface area contributed by atoms with Gasteiger partial charge in [-0.25, -0.2) is 0 Å². The molecule has 0 radical (unpaired) electrons. The second-order valence-electron chi connectivity index (χ2n) is 18.3. The normalized spacial score (nSPS) is 12.7. The minimum Gasteiger partial charge on any atom is -0.455 e. The summed E-state index contributed by atoms with van der Waals surface area (Å²) in [5, 5.41) is 4.47. The van der Waals surface area contributed by atoms with E-state index in [0.717, 1.165) is 94.3 Å². The lowest BCUT2D eigenvalue weighted by molar-refractivity contribution is 0.669. The van der Waals surface area contributed by atoms with E-state index in [1.54, 1.807) is 0 Å². The molecule has 1 aliphatic rings. The second-order valence-corrected chi connectivity index (χ2v) is 18.3. The van der Waals surface area contributed by atoms with Gasteiger partial charge in [-0.2, -0.15) is 0 Å². The third-order valence-electron chi connectivity index (χ3n) is 14.6. The molecule has 3 heteroatoms. The zero-order valence-electron chi connectivity index (χ0n) is 38.1. The zero-order chi connectivity index (χ0) is 46.2. The largest absolute Gasteiger partial charge is 0.455 e. The van der Waals surface area contributed by atoms with E-state index < -0.39 is 5.41 Å². The Balaban J connectivity index is 0.917. The molecule has 0 fully saturated rings. The Hall–Kier alpha value is -9.18. The molecule has 2 aromatic heterocycles. The highest BCUT2D eigenvalue weighted by atomic mass is 16.3. The number of hydrogen-bond donors (Lipinski definition) is 0. The van der Waals surface area contributed by atoms with Gasteiger partial charge in [-0.1, -0.05) is 206 Å². The smallest absolute Gasteiger partial charge is 0.143 e. The maximum atomic E-state index is 6.57. The van der Waals surface area contributed by atoms with Crippen LogP contribution in [-0.2, 0) is 5.41 Å². The summed E-state index contributed by atoms with van der Waals surface area (Å²) in [5.41, 5.74) is 20.5. The van der Waals surface area contributed by atoms with Crippen LogP contribution < -0.4 is 4.90 Å². The van der Waals surface area contributed by atoms with Crippen LogP contribution in [0.2, 0.25) is 0 Å². The fourth-order valence-electron chi connectivity index (χ4n) is 11.5. The Labute approximate surface area is 405 Å². The summed E-state index contributed by atoms with van der Waals surface area (Å²) in [4.78, 5) is 2.37. The molecule has 2 heterocycles. The lowest BCUT2D eigenvalue weighted by Gasteiger charge is -2.33. The van der Waals surface area contributed by atoms with Gasteiger partial charge < -0.3 is 13.7 Å². The van der Waals surface area contributed by atoms with Crippen LogP contribution in [0.15, 0.2) is 270 Å². The molecule has 14 rings (SSSR count). The van der Waals surface area contributed by atoms with Crippen molar-refractivity contribution in [2.75, 3.05) is 4.90 Å². The molecule has 13 aromatic rings. The molecule has 0 aliphatic heterocycles. The van der Waals surface area contributed by atoms with Gasteiger partial charge in [0.15, 0.2) is 0 Å². The summed E-state index contributed by atoms with van der Waals surface area (Å²) >= 11 is 0. The molecular weight excluding hydrogens is 851 g/mol. The zero-order valence-corrected chi connectivity index (χ0v) is 38.1. The van der Waals surface area contributed by atoms with E-state index in [9.17, 15) is 0 Å². The highest BCUT2D eigenvalue weighted by Gasteiger charge is 2.46. The summed E-state index contributed by atoms with van der Waals surface area (Å²) < 4.78 is 13.1. The molecule has 0 atom stereocenters. The van der Waals surface area contributed by atoms with Gasteiger partial charge in [-0.05, 0) is 110 Å². The molecular formula is C67H43NO2. The third-order valence-corrected chi connectivity index (χ3v) is 14.6. The molecule has 328 valence electrons. The number of anilines is 3. The van der Waals surface area contributed by atoms with Crippen LogP contribution in [0.25, 0.3) is 88.4 Å². The van der Waals surface area contributed by atoms with Crippen molar-refractivity contribution in [2.45, 2.75) is 5.41 Å². The minimum absolute atomic E-state index is 0.453. The topological polar surface area (TPSA) is 29.5 Å². The Bertz CT molecular complexity index is 4090. The first-order valence-corrected chi connectivity index (χ1v) is 24.0. The molecule has 0 bridgehead atoms. The molecule has 70 heavy (non-hydrogen) atoms. The number of benzene rings is 11. The lowest BCUT2D eigenvalue weighted by atomic mass is 9.67. The second kappa shape index (κ2) is 16.0. The predicted molar refractivity (Wildman–Crippen MR) is 289 cm³/mol. The van der Waals surface area contributed by atoms with Gasteiger partial charge in [0.25, 0.3) is 0 Å². The summed E-state index contributed by atoms with van der Waals surface area (Å²) in [5.74, 6) is 0. The van der Waals surface area contributed by atoms with Crippen LogP contribution in [0.5, 0.6) is 0 Å². The van der Waals surface area contributed by atoms with Crippen molar-refractivity contribution >= 4 is 60.9 Å². The standard InChI is InChI=1S/C67H43NO2/c1-3-19-48(20-4-1)67(49-21-5-2-6-22-49)61-32-10-7-25-55(61)60-43-46(37-40-62(60)67)45-17-13-23-51(41-45)68(50-38-35-44(36-39-50)53-28-15-30-58-56-26-8-11-33-63(56)69-65(53)58)52-24-14-18-47(42-52)54-29-16-31-59-57-27-9-12-34-64(57)70-66(54)59/h1-43H. The van der Waals surface area contributed by atoms with E-state index in [2.05, 4.69) is 241 Å². The van der Waals surface area contributed by atoms with Crippen LogP contribution in [-0.4, -0.2) is 0 Å². The molecule has 0 unspecified atom stereocenters. The summed E-state index contributed by atoms with van der Waals surface area (Å²) in [7, 11) is 0. The molecule has 0 amide bonds. The van der Waals surface area contributed by atoms with E-state index in [-0.39, 0.29) is 0 Å². The number of hydrogen-bond acceptors (Lipinski definition) is 3. The summed E-state index contributed by atoms with van der Waals surface area (Å²) in [6.07, 6.45) is 0. The van der Waals surface area contributed by atoms with Crippen molar-refractivity contribution in [1.82, 2.24) is 0 Å². The van der Waals surface area contributed by atoms with Gasteiger partial charge in [-0.15, -0.1) is 0 Å². The monoisotopic (exact) mass is 893 g/mol. The first kappa shape index (κ1) is 39.9. The van der Waals surface area contributed by atoms with E-state index >= 15 is 0 Å². The van der Waals surface area contributed by atoms with Crippen molar-refractivity contribution in [3.05, 3.63) is 283 Å². The molecule has 0 N–H and O–H groups in total. The molecule has 0 saturated carbocycles. The highest BCUT2D eigenvalue weighted by Crippen LogP contribution is 2.57. The van der Waals surface area contributed by atoms with Gasteiger partial charge in [0, 0.05) is 49.7 Å². The first-order valence-electron chi connectivity index (χ1n) is 24.0. The van der Waals surface area contributed by atoms with Gasteiger partial charge in [0.1, 0.15) is 22.3 Å². The predicted octanol–water partition coefficient (Wildman–Crippen LogP) is 18.3. The van der Waals surface area contributed by atoms with Crippen molar-refractivity contribution in [2.24, 2.45) is 0 Å². The van der Waals surface area contributed by atoms with Crippen molar-refractivity contribution < 1.29 is 8.83 Å². The Morgan fingerprint density at radius 1 is 0.271 bits per heavy atom.